The fourth-order valence-corrected chi connectivity index (χ4v) is 2.46. The lowest BCUT2D eigenvalue weighted by Gasteiger charge is -2.15. The summed E-state index contributed by atoms with van der Waals surface area (Å²) in [5.74, 6) is 0.629. The van der Waals surface area contributed by atoms with Crippen molar-refractivity contribution in [3.05, 3.63) is 35.4 Å². The van der Waals surface area contributed by atoms with Gasteiger partial charge >= 0.3 is 0 Å². The summed E-state index contributed by atoms with van der Waals surface area (Å²) in [4.78, 5) is 13.1. The zero-order valence-corrected chi connectivity index (χ0v) is 9.86. The average molecular weight is 217 g/mol. The Hall–Kier alpha value is -1.15. The van der Waals surface area contributed by atoms with Gasteiger partial charge in [-0.15, -0.1) is 0 Å². The molecule has 2 heteroatoms. The Balaban J connectivity index is 2.13. The Morgan fingerprint density at radius 1 is 1.31 bits per heavy atom. The van der Waals surface area contributed by atoms with Crippen LogP contribution in [0.1, 0.15) is 41.1 Å². The SMILES string of the molecule is CN1CCCC(c2cccc(C=O)c2)CC1. The fraction of sp³-hybridized carbons (Fsp3) is 0.500. The minimum absolute atomic E-state index is 0.629. The Morgan fingerprint density at radius 3 is 3.00 bits per heavy atom. The van der Waals surface area contributed by atoms with Crippen LogP contribution in [-0.2, 0) is 0 Å². The molecule has 16 heavy (non-hydrogen) atoms. The van der Waals surface area contributed by atoms with Gasteiger partial charge in [0, 0.05) is 5.56 Å². The predicted octanol–water partition coefficient (Wildman–Crippen LogP) is 2.70. The van der Waals surface area contributed by atoms with Crippen molar-refractivity contribution in [3.63, 3.8) is 0 Å². The summed E-state index contributed by atoms with van der Waals surface area (Å²) in [6, 6.07) is 8.07. The minimum Gasteiger partial charge on any atom is -0.306 e. The minimum atomic E-state index is 0.629. The molecule has 0 N–H and O–H groups in total. The first-order valence-electron chi connectivity index (χ1n) is 6.03. The van der Waals surface area contributed by atoms with E-state index in [1.165, 1.54) is 31.4 Å². The molecule has 2 nitrogen and oxygen atoms in total. The molecule has 0 aliphatic carbocycles. The maximum atomic E-state index is 10.8. The van der Waals surface area contributed by atoms with Gasteiger partial charge in [-0.2, -0.15) is 0 Å². The third kappa shape index (κ3) is 2.70. The Kier molecular flexibility index (Phi) is 3.73. The molecule has 1 unspecified atom stereocenters. The number of hydrogen-bond donors (Lipinski definition) is 0. The van der Waals surface area contributed by atoms with Crippen LogP contribution in [0.4, 0.5) is 0 Å². The van der Waals surface area contributed by atoms with Crippen molar-refractivity contribution in [2.75, 3.05) is 20.1 Å². The van der Waals surface area contributed by atoms with Crippen molar-refractivity contribution < 1.29 is 4.79 Å². The van der Waals surface area contributed by atoms with Crippen LogP contribution in [0.2, 0.25) is 0 Å². The van der Waals surface area contributed by atoms with Gasteiger partial charge < -0.3 is 4.90 Å². The highest BCUT2D eigenvalue weighted by molar-refractivity contribution is 5.75. The standard InChI is InChI=1S/C14H19NO/c1-15-8-3-6-13(7-9-15)14-5-2-4-12(10-14)11-16/h2,4-5,10-11,13H,3,6-9H2,1H3. The lowest BCUT2D eigenvalue weighted by atomic mass is 9.91. The van der Waals surface area contributed by atoms with Gasteiger partial charge in [-0.25, -0.2) is 0 Å². The van der Waals surface area contributed by atoms with Crippen LogP contribution in [0.5, 0.6) is 0 Å². The largest absolute Gasteiger partial charge is 0.306 e. The van der Waals surface area contributed by atoms with Crippen molar-refractivity contribution in [1.82, 2.24) is 4.90 Å². The van der Waals surface area contributed by atoms with Crippen LogP contribution in [0, 0.1) is 0 Å². The lowest BCUT2D eigenvalue weighted by molar-refractivity contribution is 0.112. The second-order valence-electron chi connectivity index (χ2n) is 4.72. The highest BCUT2D eigenvalue weighted by Crippen LogP contribution is 2.27. The van der Waals surface area contributed by atoms with Gasteiger partial charge in [-0.1, -0.05) is 18.2 Å². The van der Waals surface area contributed by atoms with Crippen LogP contribution in [0.25, 0.3) is 0 Å². The lowest BCUT2D eigenvalue weighted by Crippen LogP contribution is -2.18. The highest BCUT2D eigenvalue weighted by Gasteiger charge is 2.16. The number of hydrogen-bond acceptors (Lipinski definition) is 2. The van der Waals surface area contributed by atoms with Gasteiger partial charge in [-0.3, -0.25) is 4.79 Å². The molecule has 0 spiro atoms. The summed E-state index contributed by atoms with van der Waals surface area (Å²) in [6.45, 7) is 2.36. The predicted molar refractivity (Wildman–Crippen MR) is 65.9 cm³/mol. The molecular weight excluding hydrogens is 198 g/mol. The van der Waals surface area contributed by atoms with Gasteiger partial charge in [0.05, 0.1) is 0 Å². The smallest absolute Gasteiger partial charge is 0.150 e. The molecule has 0 bridgehead atoms. The molecular formula is C14H19NO. The van der Waals surface area contributed by atoms with E-state index in [1.807, 2.05) is 18.2 Å². The van der Waals surface area contributed by atoms with E-state index in [1.54, 1.807) is 0 Å². The summed E-state index contributed by atoms with van der Waals surface area (Å²) in [7, 11) is 2.18. The summed E-state index contributed by atoms with van der Waals surface area (Å²) in [5, 5.41) is 0. The van der Waals surface area contributed by atoms with E-state index in [4.69, 9.17) is 0 Å². The summed E-state index contributed by atoms with van der Waals surface area (Å²) in [5.41, 5.74) is 2.13. The average Bonchev–Trinajstić information content (AvgIpc) is 2.54. The van der Waals surface area contributed by atoms with Gasteiger partial charge in [0.25, 0.3) is 0 Å². The van der Waals surface area contributed by atoms with Crippen molar-refractivity contribution in [3.8, 4) is 0 Å². The van der Waals surface area contributed by atoms with Crippen LogP contribution >= 0.6 is 0 Å². The first kappa shape index (κ1) is 11.3. The second-order valence-corrected chi connectivity index (χ2v) is 4.72. The second kappa shape index (κ2) is 5.26. The van der Waals surface area contributed by atoms with E-state index in [0.29, 0.717) is 5.92 Å². The van der Waals surface area contributed by atoms with Crippen molar-refractivity contribution in [1.29, 1.82) is 0 Å². The van der Waals surface area contributed by atoms with Crippen molar-refractivity contribution in [2.24, 2.45) is 0 Å². The first-order chi connectivity index (χ1) is 7.79. The number of benzene rings is 1. The van der Waals surface area contributed by atoms with E-state index < -0.39 is 0 Å². The van der Waals surface area contributed by atoms with Gasteiger partial charge in [-0.05, 0) is 56.9 Å². The normalized spacial score (nSPS) is 22.7. The molecule has 1 aliphatic rings. The van der Waals surface area contributed by atoms with Crippen molar-refractivity contribution in [2.45, 2.75) is 25.2 Å². The third-order valence-electron chi connectivity index (χ3n) is 3.47. The molecule has 1 atom stereocenters. The molecule has 0 saturated carbocycles. The highest BCUT2D eigenvalue weighted by atomic mass is 16.1. The number of rotatable bonds is 2. The Bertz CT molecular complexity index is 362. The maximum Gasteiger partial charge on any atom is 0.150 e. The van der Waals surface area contributed by atoms with Crippen LogP contribution in [-0.4, -0.2) is 31.3 Å². The molecule has 0 aromatic heterocycles. The fourth-order valence-electron chi connectivity index (χ4n) is 2.46. The van der Waals surface area contributed by atoms with E-state index in [0.717, 1.165) is 18.4 Å². The molecule has 0 amide bonds. The maximum absolute atomic E-state index is 10.8. The molecule has 1 aliphatic heterocycles. The van der Waals surface area contributed by atoms with Crippen molar-refractivity contribution >= 4 is 6.29 Å². The number of carbonyl (C=O) groups excluding carboxylic acids is 1. The van der Waals surface area contributed by atoms with Gasteiger partial charge in [0.1, 0.15) is 6.29 Å². The number of nitrogens with zero attached hydrogens (tertiary/aromatic N) is 1. The van der Waals surface area contributed by atoms with Crippen LogP contribution in [0.15, 0.2) is 24.3 Å². The summed E-state index contributed by atoms with van der Waals surface area (Å²) in [6.07, 6.45) is 4.64. The summed E-state index contributed by atoms with van der Waals surface area (Å²) < 4.78 is 0. The van der Waals surface area contributed by atoms with Gasteiger partial charge in [0.15, 0.2) is 0 Å². The topological polar surface area (TPSA) is 20.3 Å². The van der Waals surface area contributed by atoms with E-state index in [9.17, 15) is 4.79 Å². The Morgan fingerprint density at radius 2 is 2.19 bits per heavy atom. The monoisotopic (exact) mass is 217 g/mol. The molecule has 2 rings (SSSR count). The molecule has 1 heterocycles. The molecule has 1 aromatic rings. The number of aldehydes is 1. The Labute approximate surface area is 97.3 Å². The number of likely N-dealkylation sites (tertiary alicyclic amines) is 1. The van der Waals surface area contributed by atoms with E-state index in [-0.39, 0.29) is 0 Å². The zero-order valence-electron chi connectivity index (χ0n) is 9.86. The summed E-state index contributed by atoms with van der Waals surface area (Å²) >= 11 is 0. The third-order valence-corrected chi connectivity index (χ3v) is 3.47. The molecule has 1 aromatic carbocycles. The quantitative estimate of drug-likeness (QED) is 0.710. The van der Waals surface area contributed by atoms with E-state index >= 15 is 0 Å². The molecule has 86 valence electrons. The first-order valence-corrected chi connectivity index (χ1v) is 6.03. The van der Waals surface area contributed by atoms with Crippen LogP contribution < -0.4 is 0 Å². The van der Waals surface area contributed by atoms with E-state index in [2.05, 4.69) is 18.0 Å². The zero-order chi connectivity index (χ0) is 11.4. The molecule has 1 saturated heterocycles. The van der Waals surface area contributed by atoms with Gasteiger partial charge in [0.2, 0.25) is 0 Å². The molecule has 1 fully saturated rings. The number of carbonyl (C=O) groups is 1. The molecule has 0 radical (unpaired) electrons. The van der Waals surface area contributed by atoms with Crippen LogP contribution in [0.3, 0.4) is 0 Å².